The van der Waals surface area contributed by atoms with Gasteiger partial charge >= 0.3 is 0 Å². The number of nitrogens with zero attached hydrogens (tertiary/aromatic N) is 2. The lowest BCUT2D eigenvalue weighted by Gasteiger charge is -2.28. The molecule has 0 unspecified atom stereocenters. The predicted molar refractivity (Wildman–Crippen MR) is 95.0 cm³/mol. The van der Waals surface area contributed by atoms with Gasteiger partial charge in [-0.2, -0.15) is 0 Å². The number of hydrogen-bond donors (Lipinski definition) is 2. The van der Waals surface area contributed by atoms with Gasteiger partial charge in [0.25, 0.3) is 0 Å². The Hall–Kier alpha value is -1.78. The van der Waals surface area contributed by atoms with Crippen molar-refractivity contribution in [1.82, 2.24) is 15.6 Å². The predicted octanol–water partition coefficient (Wildman–Crippen LogP) is 2.95. The van der Waals surface area contributed by atoms with E-state index in [0.29, 0.717) is 12.6 Å². The maximum absolute atomic E-state index is 5.47. The van der Waals surface area contributed by atoms with Gasteiger partial charge in [-0.1, -0.05) is 6.92 Å². The van der Waals surface area contributed by atoms with Crippen molar-refractivity contribution in [2.24, 2.45) is 10.9 Å². The minimum absolute atomic E-state index is 0.527. The smallest absolute Gasteiger partial charge is 0.191 e. The SMILES string of the molecule is CN=C(NCc1ncc(C)c(OC)c1C)NC1CCC(C)CC1. The van der Waals surface area contributed by atoms with Crippen LogP contribution in [0.1, 0.15) is 49.4 Å². The van der Waals surface area contributed by atoms with Crippen molar-refractivity contribution in [3.63, 3.8) is 0 Å². The number of aromatic nitrogens is 1. The molecule has 0 spiro atoms. The summed E-state index contributed by atoms with van der Waals surface area (Å²) in [4.78, 5) is 8.87. The molecular formula is C18H30N4O. The third-order valence-electron chi connectivity index (χ3n) is 4.75. The van der Waals surface area contributed by atoms with Gasteiger partial charge in [-0.3, -0.25) is 9.98 Å². The summed E-state index contributed by atoms with van der Waals surface area (Å²) in [5.74, 6) is 2.63. The van der Waals surface area contributed by atoms with Crippen LogP contribution in [0.5, 0.6) is 5.75 Å². The Balaban J connectivity index is 1.93. The molecule has 0 aliphatic heterocycles. The molecule has 1 heterocycles. The molecule has 2 N–H and O–H groups in total. The topological polar surface area (TPSA) is 58.5 Å². The van der Waals surface area contributed by atoms with E-state index in [0.717, 1.165) is 34.4 Å². The second kappa shape index (κ2) is 8.18. The zero-order valence-corrected chi connectivity index (χ0v) is 15.1. The number of nitrogens with one attached hydrogen (secondary N) is 2. The largest absolute Gasteiger partial charge is 0.496 e. The molecule has 1 aliphatic carbocycles. The van der Waals surface area contributed by atoms with Gasteiger partial charge in [0.15, 0.2) is 5.96 Å². The lowest BCUT2D eigenvalue weighted by atomic mass is 9.87. The molecule has 0 saturated heterocycles. The Bertz CT molecular complexity index is 548. The molecule has 0 atom stereocenters. The van der Waals surface area contributed by atoms with Crippen molar-refractivity contribution >= 4 is 5.96 Å². The molecule has 5 heteroatoms. The van der Waals surface area contributed by atoms with Crippen LogP contribution in [-0.2, 0) is 6.54 Å². The van der Waals surface area contributed by atoms with Crippen molar-refractivity contribution < 1.29 is 4.74 Å². The number of ether oxygens (including phenoxy) is 1. The summed E-state index contributed by atoms with van der Waals surface area (Å²) in [6.45, 7) is 7.04. The van der Waals surface area contributed by atoms with E-state index in [2.05, 4.69) is 34.5 Å². The maximum atomic E-state index is 5.47. The second-order valence-electron chi connectivity index (χ2n) is 6.57. The Morgan fingerprint density at radius 2 is 2.00 bits per heavy atom. The van der Waals surface area contributed by atoms with E-state index in [4.69, 9.17) is 4.74 Å². The molecular weight excluding hydrogens is 288 g/mol. The molecule has 1 aromatic rings. The van der Waals surface area contributed by atoms with E-state index >= 15 is 0 Å². The lowest BCUT2D eigenvalue weighted by Crippen LogP contribution is -2.44. The number of pyridine rings is 1. The second-order valence-corrected chi connectivity index (χ2v) is 6.57. The quantitative estimate of drug-likeness (QED) is 0.662. The van der Waals surface area contributed by atoms with Crippen molar-refractivity contribution in [2.75, 3.05) is 14.2 Å². The van der Waals surface area contributed by atoms with Crippen LogP contribution in [0.4, 0.5) is 0 Å². The number of aryl methyl sites for hydroxylation is 1. The Labute approximate surface area is 139 Å². The normalized spacial score (nSPS) is 21.9. The highest BCUT2D eigenvalue weighted by atomic mass is 16.5. The number of hydrogen-bond acceptors (Lipinski definition) is 3. The first kappa shape index (κ1) is 17.6. The molecule has 0 amide bonds. The van der Waals surface area contributed by atoms with Gasteiger partial charge in [-0.05, 0) is 45.4 Å². The van der Waals surface area contributed by atoms with Gasteiger partial charge < -0.3 is 15.4 Å². The van der Waals surface area contributed by atoms with Crippen molar-refractivity contribution in [1.29, 1.82) is 0 Å². The van der Waals surface area contributed by atoms with Crippen LogP contribution in [-0.4, -0.2) is 31.1 Å². The molecule has 0 radical (unpaired) electrons. The Morgan fingerprint density at radius 3 is 2.61 bits per heavy atom. The summed E-state index contributed by atoms with van der Waals surface area (Å²) < 4.78 is 5.47. The van der Waals surface area contributed by atoms with Gasteiger partial charge in [-0.15, -0.1) is 0 Å². The van der Waals surface area contributed by atoms with Crippen LogP contribution >= 0.6 is 0 Å². The van der Waals surface area contributed by atoms with Gasteiger partial charge in [0.05, 0.1) is 19.3 Å². The molecule has 128 valence electrons. The fourth-order valence-corrected chi connectivity index (χ4v) is 3.21. The molecule has 23 heavy (non-hydrogen) atoms. The monoisotopic (exact) mass is 318 g/mol. The van der Waals surface area contributed by atoms with E-state index < -0.39 is 0 Å². The molecule has 0 aromatic carbocycles. The van der Waals surface area contributed by atoms with Crippen LogP contribution < -0.4 is 15.4 Å². The van der Waals surface area contributed by atoms with Crippen LogP contribution in [0.15, 0.2) is 11.2 Å². The van der Waals surface area contributed by atoms with Crippen LogP contribution in [0.25, 0.3) is 0 Å². The average molecular weight is 318 g/mol. The first-order chi connectivity index (χ1) is 11.0. The van der Waals surface area contributed by atoms with Gasteiger partial charge in [0, 0.05) is 30.4 Å². The summed E-state index contributed by atoms with van der Waals surface area (Å²) in [7, 11) is 3.52. The van der Waals surface area contributed by atoms with E-state index in [-0.39, 0.29) is 0 Å². The van der Waals surface area contributed by atoms with Gasteiger partial charge in [0.2, 0.25) is 0 Å². The zero-order valence-electron chi connectivity index (χ0n) is 15.1. The summed E-state index contributed by atoms with van der Waals surface area (Å²) in [6, 6.07) is 0.527. The Kier molecular flexibility index (Phi) is 6.25. The van der Waals surface area contributed by atoms with Crippen molar-refractivity contribution in [3.05, 3.63) is 23.0 Å². The summed E-state index contributed by atoms with van der Waals surface area (Å²) in [6.07, 6.45) is 6.89. The molecule has 1 aliphatic rings. The summed E-state index contributed by atoms with van der Waals surface area (Å²) in [5.41, 5.74) is 3.14. The number of guanidine groups is 1. The highest BCUT2D eigenvalue weighted by Gasteiger charge is 2.19. The highest BCUT2D eigenvalue weighted by molar-refractivity contribution is 5.79. The van der Waals surface area contributed by atoms with E-state index in [1.807, 2.05) is 20.2 Å². The molecule has 1 saturated carbocycles. The minimum atomic E-state index is 0.527. The van der Waals surface area contributed by atoms with Crippen molar-refractivity contribution in [2.45, 2.75) is 59.0 Å². The van der Waals surface area contributed by atoms with E-state index in [1.165, 1.54) is 25.7 Å². The van der Waals surface area contributed by atoms with Gasteiger partial charge in [-0.25, -0.2) is 0 Å². The fourth-order valence-electron chi connectivity index (χ4n) is 3.21. The van der Waals surface area contributed by atoms with Gasteiger partial charge in [0.1, 0.15) is 5.75 Å². The zero-order chi connectivity index (χ0) is 16.8. The maximum Gasteiger partial charge on any atom is 0.191 e. The Morgan fingerprint density at radius 1 is 1.30 bits per heavy atom. The average Bonchev–Trinajstić information content (AvgIpc) is 2.55. The first-order valence-corrected chi connectivity index (χ1v) is 8.51. The minimum Gasteiger partial charge on any atom is -0.496 e. The highest BCUT2D eigenvalue weighted by Crippen LogP contribution is 2.24. The molecule has 0 bridgehead atoms. The lowest BCUT2D eigenvalue weighted by molar-refractivity contribution is 0.329. The summed E-state index contributed by atoms with van der Waals surface area (Å²) >= 11 is 0. The number of methoxy groups -OCH3 is 1. The van der Waals surface area contributed by atoms with Crippen LogP contribution in [0.2, 0.25) is 0 Å². The number of aliphatic imine (C=N–C) groups is 1. The third kappa shape index (κ3) is 4.60. The van der Waals surface area contributed by atoms with Crippen LogP contribution in [0.3, 0.4) is 0 Å². The van der Waals surface area contributed by atoms with Crippen LogP contribution in [0, 0.1) is 19.8 Å². The fraction of sp³-hybridized carbons (Fsp3) is 0.667. The molecule has 2 rings (SSSR count). The van der Waals surface area contributed by atoms with E-state index in [1.54, 1.807) is 7.11 Å². The molecule has 5 nitrogen and oxygen atoms in total. The standard InChI is InChI=1S/C18H30N4O/c1-12-6-8-15(9-7-12)22-18(19-4)21-11-16-14(3)17(23-5)13(2)10-20-16/h10,12,15H,6-9,11H2,1-5H3,(H2,19,21,22). The summed E-state index contributed by atoms with van der Waals surface area (Å²) in [5, 5.41) is 6.91. The number of rotatable bonds is 4. The molecule has 1 aromatic heterocycles. The molecule has 1 fully saturated rings. The third-order valence-corrected chi connectivity index (χ3v) is 4.75. The van der Waals surface area contributed by atoms with Crippen molar-refractivity contribution in [3.8, 4) is 5.75 Å². The van der Waals surface area contributed by atoms with E-state index in [9.17, 15) is 0 Å². The first-order valence-electron chi connectivity index (χ1n) is 8.51.